The van der Waals surface area contributed by atoms with E-state index in [9.17, 15) is 0 Å². The van der Waals surface area contributed by atoms with Crippen molar-refractivity contribution in [1.29, 1.82) is 0 Å². The highest BCUT2D eigenvalue weighted by Gasteiger charge is 2.34. The van der Waals surface area contributed by atoms with Crippen LogP contribution in [0, 0.1) is 11.3 Å². The van der Waals surface area contributed by atoms with Crippen LogP contribution < -0.4 is 5.32 Å². The molecule has 2 heteroatoms. The number of rotatable bonds is 6. The fraction of sp³-hybridized carbons (Fsp3) is 1.00. The van der Waals surface area contributed by atoms with Crippen molar-refractivity contribution in [3.63, 3.8) is 0 Å². The third-order valence-electron chi connectivity index (χ3n) is 4.11. The Kier molecular flexibility index (Phi) is 6.13. The Morgan fingerprint density at radius 2 is 1.83 bits per heavy atom. The van der Waals surface area contributed by atoms with Gasteiger partial charge in [-0.3, -0.25) is 0 Å². The van der Waals surface area contributed by atoms with Gasteiger partial charge in [0, 0.05) is 25.3 Å². The van der Waals surface area contributed by atoms with Crippen LogP contribution in [0.25, 0.3) is 0 Å². The van der Waals surface area contributed by atoms with Crippen LogP contribution in [0.15, 0.2) is 0 Å². The van der Waals surface area contributed by atoms with Crippen LogP contribution in [0.1, 0.15) is 66.7 Å². The van der Waals surface area contributed by atoms with Gasteiger partial charge in [0.1, 0.15) is 0 Å². The van der Waals surface area contributed by atoms with Crippen molar-refractivity contribution in [2.24, 2.45) is 11.3 Å². The van der Waals surface area contributed by atoms with Crippen LogP contribution in [0.5, 0.6) is 0 Å². The molecule has 0 saturated carbocycles. The molecule has 0 amide bonds. The second-order valence-electron chi connectivity index (χ2n) is 7.31. The van der Waals surface area contributed by atoms with E-state index < -0.39 is 0 Å². The zero-order valence-electron chi connectivity index (χ0n) is 13.1. The number of hydrogen-bond acceptors (Lipinski definition) is 2. The Morgan fingerprint density at radius 1 is 1.22 bits per heavy atom. The molecule has 1 heterocycles. The maximum Gasteiger partial charge on any atom is 0.0471 e. The van der Waals surface area contributed by atoms with Gasteiger partial charge in [0.05, 0.1) is 0 Å². The van der Waals surface area contributed by atoms with Crippen LogP contribution in [0.3, 0.4) is 0 Å². The lowest BCUT2D eigenvalue weighted by molar-refractivity contribution is -0.000186. The summed E-state index contributed by atoms with van der Waals surface area (Å²) >= 11 is 0. The molecule has 1 N–H and O–H groups in total. The van der Waals surface area contributed by atoms with Crippen molar-refractivity contribution in [3.8, 4) is 0 Å². The second kappa shape index (κ2) is 6.91. The van der Waals surface area contributed by atoms with E-state index >= 15 is 0 Å². The number of hydrogen-bond donors (Lipinski definition) is 1. The molecule has 1 atom stereocenters. The van der Waals surface area contributed by atoms with Crippen LogP contribution in [-0.4, -0.2) is 25.3 Å². The fourth-order valence-corrected chi connectivity index (χ4v) is 3.04. The zero-order valence-corrected chi connectivity index (χ0v) is 13.1. The molecule has 0 spiro atoms. The van der Waals surface area contributed by atoms with Gasteiger partial charge in [-0.05, 0) is 51.4 Å². The van der Waals surface area contributed by atoms with Gasteiger partial charge in [0.15, 0.2) is 0 Å². The van der Waals surface area contributed by atoms with Crippen LogP contribution in [-0.2, 0) is 4.74 Å². The highest BCUT2D eigenvalue weighted by Crippen LogP contribution is 2.38. The van der Waals surface area contributed by atoms with Gasteiger partial charge < -0.3 is 10.1 Å². The van der Waals surface area contributed by atoms with E-state index in [2.05, 4.69) is 39.9 Å². The molecule has 1 fully saturated rings. The first-order valence-corrected chi connectivity index (χ1v) is 7.70. The standard InChI is InChI=1S/C16H33NO/c1-6-7-14(2)12-16(8-10-18-11-9-16)13-17-15(3,4)5/h14,17H,6-13H2,1-5H3. The van der Waals surface area contributed by atoms with Crippen molar-refractivity contribution in [2.45, 2.75) is 72.3 Å². The molecule has 0 radical (unpaired) electrons. The average Bonchev–Trinajstić information content (AvgIpc) is 2.27. The summed E-state index contributed by atoms with van der Waals surface area (Å²) in [4.78, 5) is 0. The topological polar surface area (TPSA) is 21.3 Å². The minimum absolute atomic E-state index is 0.222. The summed E-state index contributed by atoms with van der Waals surface area (Å²) in [7, 11) is 0. The van der Waals surface area contributed by atoms with Gasteiger partial charge in [0.2, 0.25) is 0 Å². The van der Waals surface area contributed by atoms with Gasteiger partial charge in [-0.15, -0.1) is 0 Å². The van der Waals surface area contributed by atoms with Gasteiger partial charge in [-0.1, -0.05) is 26.7 Å². The van der Waals surface area contributed by atoms with E-state index in [0.717, 1.165) is 25.7 Å². The van der Waals surface area contributed by atoms with Gasteiger partial charge >= 0.3 is 0 Å². The maximum absolute atomic E-state index is 5.57. The summed E-state index contributed by atoms with van der Waals surface area (Å²) in [5.74, 6) is 0.842. The summed E-state index contributed by atoms with van der Waals surface area (Å²) in [6, 6.07) is 0. The highest BCUT2D eigenvalue weighted by atomic mass is 16.5. The number of nitrogens with one attached hydrogen (secondary N) is 1. The molecule has 0 aromatic carbocycles. The molecule has 1 aliphatic heterocycles. The first-order valence-electron chi connectivity index (χ1n) is 7.70. The molecule has 1 aliphatic rings. The monoisotopic (exact) mass is 255 g/mol. The third kappa shape index (κ3) is 5.71. The Labute approximate surface area is 114 Å². The molecule has 18 heavy (non-hydrogen) atoms. The van der Waals surface area contributed by atoms with E-state index in [1.54, 1.807) is 0 Å². The Balaban J connectivity index is 2.57. The maximum atomic E-state index is 5.57. The van der Waals surface area contributed by atoms with E-state index in [-0.39, 0.29) is 5.54 Å². The molecule has 1 saturated heterocycles. The van der Waals surface area contributed by atoms with Crippen LogP contribution >= 0.6 is 0 Å². The van der Waals surface area contributed by atoms with Gasteiger partial charge in [-0.25, -0.2) is 0 Å². The summed E-state index contributed by atoms with van der Waals surface area (Å²) in [6.45, 7) is 14.5. The first kappa shape index (κ1) is 16.0. The minimum atomic E-state index is 0.222. The first-order chi connectivity index (χ1) is 8.37. The molecule has 0 bridgehead atoms. The van der Waals surface area contributed by atoms with Crippen LogP contribution in [0.4, 0.5) is 0 Å². The van der Waals surface area contributed by atoms with E-state index in [1.165, 1.54) is 32.1 Å². The predicted octanol–water partition coefficient (Wildman–Crippen LogP) is 4.00. The molecule has 108 valence electrons. The molecule has 2 nitrogen and oxygen atoms in total. The van der Waals surface area contributed by atoms with E-state index in [1.807, 2.05) is 0 Å². The molecule has 0 aliphatic carbocycles. The normalized spacial score (nSPS) is 21.8. The van der Waals surface area contributed by atoms with Crippen molar-refractivity contribution < 1.29 is 4.74 Å². The zero-order chi connectivity index (χ0) is 13.6. The Hall–Kier alpha value is -0.0800. The molecule has 1 rings (SSSR count). The quantitative estimate of drug-likeness (QED) is 0.774. The average molecular weight is 255 g/mol. The Morgan fingerprint density at radius 3 is 2.33 bits per heavy atom. The van der Waals surface area contributed by atoms with Gasteiger partial charge in [-0.2, -0.15) is 0 Å². The fourth-order valence-electron chi connectivity index (χ4n) is 3.04. The molecule has 0 aromatic rings. The minimum Gasteiger partial charge on any atom is -0.381 e. The summed E-state index contributed by atoms with van der Waals surface area (Å²) in [5, 5.41) is 3.72. The van der Waals surface area contributed by atoms with Crippen molar-refractivity contribution >= 4 is 0 Å². The molecule has 1 unspecified atom stereocenters. The van der Waals surface area contributed by atoms with E-state index in [4.69, 9.17) is 4.74 Å². The third-order valence-corrected chi connectivity index (χ3v) is 4.11. The highest BCUT2D eigenvalue weighted by molar-refractivity contribution is 4.88. The number of ether oxygens (including phenoxy) is 1. The summed E-state index contributed by atoms with van der Waals surface area (Å²) < 4.78 is 5.57. The Bertz CT molecular complexity index is 226. The lowest BCUT2D eigenvalue weighted by Crippen LogP contribution is -2.46. The largest absolute Gasteiger partial charge is 0.381 e. The van der Waals surface area contributed by atoms with Crippen molar-refractivity contribution in [1.82, 2.24) is 5.32 Å². The van der Waals surface area contributed by atoms with Crippen molar-refractivity contribution in [3.05, 3.63) is 0 Å². The summed E-state index contributed by atoms with van der Waals surface area (Å²) in [5.41, 5.74) is 0.694. The predicted molar refractivity (Wildman–Crippen MR) is 78.9 cm³/mol. The molecule has 0 aromatic heterocycles. The molecular weight excluding hydrogens is 222 g/mol. The molecular formula is C16H33NO. The van der Waals surface area contributed by atoms with E-state index in [0.29, 0.717) is 5.41 Å². The lowest BCUT2D eigenvalue weighted by Gasteiger charge is -2.41. The SMILES string of the molecule is CCCC(C)CC1(CNC(C)(C)C)CCOCC1. The van der Waals surface area contributed by atoms with Gasteiger partial charge in [0.25, 0.3) is 0 Å². The lowest BCUT2D eigenvalue weighted by atomic mass is 9.72. The van der Waals surface area contributed by atoms with Crippen LogP contribution in [0.2, 0.25) is 0 Å². The van der Waals surface area contributed by atoms with Crippen molar-refractivity contribution in [2.75, 3.05) is 19.8 Å². The smallest absolute Gasteiger partial charge is 0.0471 e. The summed E-state index contributed by atoms with van der Waals surface area (Å²) in [6.07, 6.45) is 6.47. The second-order valence-corrected chi connectivity index (χ2v) is 7.31.